The fourth-order valence-corrected chi connectivity index (χ4v) is 4.07. The Labute approximate surface area is 174 Å². The molecule has 0 saturated heterocycles. The molecule has 3 aromatic rings. The highest BCUT2D eigenvalue weighted by molar-refractivity contribution is 9.10. The molecule has 2 aromatic carbocycles. The minimum Gasteiger partial charge on any atom is -0.497 e. The Morgan fingerprint density at radius 1 is 1.18 bits per heavy atom. The van der Waals surface area contributed by atoms with Crippen LogP contribution in [0.2, 0.25) is 0 Å². The molecular weight excluding hydrogens is 418 g/mol. The van der Waals surface area contributed by atoms with Gasteiger partial charge in [0.2, 0.25) is 0 Å². The van der Waals surface area contributed by atoms with Crippen LogP contribution in [0.5, 0.6) is 5.75 Å². The van der Waals surface area contributed by atoms with Gasteiger partial charge in [-0.05, 0) is 60.2 Å². The molecule has 0 unspecified atom stereocenters. The van der Waals surface area contributed by atoms with Crippen LogP contribution in [-0.2, 0) is 17.8 Å². The Balaban J connectivity index is 2.10. The lowest BCUT2D eigenvalue weighted by molar-refractivity contribution is -0.139. The van der Waals surface area contributed by atoms with Crippen LogP contribution in [0, 0.1) is 12.3 Å². The van der Waals surface area contributed by atoms with Gasteiger partial charge in [-0.2, -0.15) is 0 Å². The molecule has 0 fully saturated rings. The number of hydrogen-bond acceptors (Lipinski definition) is 2. The highest BCUT2D eigenvalue weighted by Crippen LogP contribution is 2.36. The second-order valence-corrected chi connectivity index (χ2v) is 8.99. The van der Waals surface area contributed by atoms with Gasteiger partial charge in [-0.1, -0.05) is 41.9 Å². The quantitative estimate of drug-likeness (QED) is 0.500. The van der Waals surface area contributed by atoms with E-state index in [1.807, 2.05) is 19.9 Å². The van der Waals surface area contributed by atoms with Gasteiger partial charge in [0, 0.05) is 27.6 Å². The smallest absolute Gasteiger partial charge is 0.303 e. The summed E-state index contributed by atoms with van der Waals surface area (Å²) in [7, 11) is 1.67. The SMILES string of the molecule is COc1ccc2c(c1)c(CC(C)(C)CC(=O)O)c(C)n2Cc1ccc(Br)cc1. The number of nitrogens with zero attached hydrogens (tertiary/aromatic N) is 1. The van der Waals surface area contributed by atoms with Gasteiger partial charge in [0.05, 0.1) is 13.5 Å². The summed E-state index contributed by atoms with van der Waals surface area (Å²) in [6.07, 6.45) is 0.831. The summed E-state index contributed by atoms with van der Waals surface area (Å²) in [5.74, 6) is 0.0458. The summed E-state index contributed by atoms with van der Waals surface area (Å²) in [5.41, 5.74) is 4.38. The van der Waals surface area contributed by atoms with E-state index in [1.54, 1.807) is 7.11 Å². The minimum atomic E-state index is -0.765. The third-order valence-corrected chi connectivity index (χ3v) is 5.73. The molecule has 1 heterocycles. The van der Waals surface area contributed by atoms with Crippen LogP contribution in [0.1, 0.15) is 37.1 Å². The van der Waals surface area contributed by atoms with Crippen LogP contribution in [-0.4, -0.2) is 22.8 Å². The van der Waals surface area contributed by atoms with Crippen LogP contribution >= 0.6 is 15.9 Å². The minimum absolute atomic E-state index is 0.135. The molecule has 0 aliphatic carbocycles. The zero-order valence-electron chi connectivity index (χ0n) is 16.8. The first-order valence-electron chi connectivity index (χ1n) is 9.32. The van der Waals surface area contributed by atoms with Crippen molar-refractivity contribution in [3.63, 3.8) is 0 Å². The first-order chi connectivity index (χ1) is 13.2. The highest BCUT2D eigenvalue weighted by Gasteiger charge is 2.26. The van der Waals surface area contributed by atoms with Crippen LogP contribution in [0.25, 0.3) is 10.9 Å². The number of rotatable bonds is 7. The van der Waals surface area contributed by atoms with Crippen molar-refractivity contribution < 1.29 is 14.6 Å². The molecule has 148 valence electrons. The molecule has 0 spiro atoms. The summed E-state index contributed by atoms with van der Waals surface area (Å²) in [6.45, 7) is 6.91. The van der Waals surface area contributed by atoms with Gasteiger partial charge in [-0.15, -0.1) is 0 Å². The molecule has 0 aliphatic rings. The maximum absolute atomic E-state index is 11.3. The number of fused-ring (bicyclic) bond motifs is 1. The molecule has 0 saturated carbocycles. The largest absolute Gasteiger partial charge is 0.497 e. The lowest BCUT2D eigenvalue weighted by Gasteiger charge is -2.23. The molecule has 28 heavy (non-hydrogen) atoms. The van der Waals surface area contributed by atoms with Gasteiger partial charge in [-0.25, -0.2) is 0 Å². The van der Waals surface area contributed by atoms with Crippen molar-refractivity contribution in [2.45, 2.75) is 40.2 Å². The molecule has 0 atom stereocenters. The molecule has 3 rings (SSSR count). The van der Waals surface area contributed by atoms with Crippen molar-refractivity contribution >= 4 is 32.8 Å². The van der Waals surface area contributed by atoms with Crippen LogP contribution < -0.4 is 4.74 Å². The molecule has 1 N–H and O–H groups in total. The summed E-state index contributed by atoms with van der Waals surface area (Å²) < 4.78 is 8.81. The molecule has 0 bridgehead atoms. The van der Waals surface area contributed by atoms with Crippen molar-refractivity contribution in [1.82, 2.24) is 4.57 Å². The van der Waals surface area contributed by atoms with E-state index in [0.29, 0.717) is 6.42 Å². The molecule has 1 aromatic heterocycles. The van der Waals surface area contributed by atoms with Gasteiger partial charge in [0.15, 0.2) is 0 Å². The number of benzene rings is 2. The standard InChI is InChI=1S/C23H26BrNO3/c1-15-20(12-23(2,3)13-22(26)27)19-11-18(28-4)9-10-21(19)25(15)14-16-5-7-17(24)8-6-16/h5-11H,12-14H2,1-4H3,(H,26,27). The molecule has 4 nitrogen and oxygen atoms in total. The fourth-order valence-electron chi connectivity index (χ4n) is 3.81. The summed E-state index contributed by atoms with van der Waals surface area (Å²) in [4.78, 5) is 11.3. The van der Waals surface area contributed by atoms with Crippen molar-refractivity contribution in [3.05, 3.63) is 63.8 Å². The Kier molecular flexibility index (Phi) is 5.84. The van der Waals surface area contributed by atoms with E-state index in [0.717, 1.165) is 27.7 Å². The lowest BCUT2D eigenvalue weighted by atomic mass is 9.82. The monoisotopic (exact) mass is 443 g/mol. The van der Waals surface area contributed by atoms with E-state index in [4.69, 9.17) is 4.74 Å². The third-order valence-electron chi connectivity index (χ3n) is 5.20. The van der Waals surface area contributed by atoms with Gasteiger partial charge in [0.1, 0.15) is 5.75 Å². The Bertz CT molecular complexity index is 1000. The summed E-state index contributed by atoms with van der Waals surface area (Å²) in [6, 6.07) is 14.5. The Hall–Kier alpha value is -2.27. The van der Waals surface area contributed by atoms with Crippen molar-refractivity contribution in [2.24, 2.45) is 5.41 Å². The number of carbonyl (C=O) groups is 1. The first kappa shape index (κ1) is 20.5. The van der Waals surface area contributed by atoms with E-state index >= 15 is 0 Å². The van der Waals surface area contributed by atoms with Crippen LogP contribution in [0.15, 0.2) is 46.9 Å². The zero-order valence-corrected chi connectivity index (χ0v) is 18.3. The third kappa shape index (κ3) is 4.41. The maximum Gasteiger partial charge on any atom is 0.303 e. The summed E-state index contributed by atoms with van der Waals surface area (Å²) in [5, 5.41) is 10.4. The number of carboxylic acids is 1. The van der Waals surface area contributed by atoms with E-state index in [1.165, 1.54) is 16.8 Å². The zero-order chi connectivity index (χ0) is 20.5. The van der Waals surface area contributed by atoms with Gasteiger partial charge < -0.3 is 14.4 Å². The molecular formula is C23H26BrNO3. The number of ether oxygens (including phenoxy) is 1. The van der Waals surface area contributed by atoms with Gasteiger partial charge in [-0.3, -0.25) is 4.79 Å². The fraction of sp³-hybridized carbons (Fsp3) is 0.348. The topological polar surface area (TPSA) is 51.5 Å². The van der Waals surface area contributed by atoms with Crippen molar-refractivity contribution in [3.8, 4) is 5.75 Å². The molecule has 0 aliphatic heterocycles. The van der Waals surface area contributed by atoms with Crippen molar-refractivity contribution in [1.29, 1.82) is 0 Å². The molecule has 5 heteroatoms. The Morgan fingerprint density at radius 3 is 2.46 bits per heavy atom. The summed E-state index contributed by atoms with van der Waals surface area (Å²) >= 11 is 3.49. The lowest BCUT2D eigenvalue weighted by Crippen LogP contribution is -2.20. The second-order valence-electron chi connectivity index (χ2n) is 8.07. The number of methoxy groups -OCH3 is 1. The van der Waals surface area contributed by atoms with E-state index in [2.05, 4.69) is 63.8 Å². The average molecular weight is 444 g/mol. The van der Waals surface area contributed by atoms with Crippen LogP contribution in [0.4, 0.5) is 0 Å². The number of aromatic nitrogens is 1. The van der Waals surface area contributed by atoms with Gasteiger partial charge in [0.25, 0.3) is 0 Å². The molecule has 0 amide bonds. The maximum atomic E-state index is 11.3. The Morgan fingerprint density at radius 2 is 1.86 bits per heavy atom. The van der Waals surface area contributed by atoms with Crippen LogP contribution in [0.3, 0.4) is 0 Å². The number of hydrogen-bond donors (Lipinski definition) is 1. The van der Waals surface area contributed by atoms with Crippen molar-refractivity contribution in [2.75, 3.05) is 7.11 Å². The normalized spacial score (nSPS) is 11.8. The molecule has 0 radical (unpaired) electrons. The predicted molar refractivity (Wildman–Crippen MR) is 116 cm³/mol. The number of halogens is 1. The number of aliphatic carboxylic acids is 1. The number of carboxylic acid groups (broad SMARTS) is 1. The van der Waals surface area contributed by atoms with Gasteiger partial charge >= 0.3 is 5.97 Å². The van der Waals surface area contributed by atoms with E-state index in [-0.39, 0.29) is 11.8 Å². The highest BCUT2D eigenvalue weighted by atomic mass is 79.9. The predicted octanol–water partition coefficient (Wildman–Crippen LogP) is 5.81. The van der Waals surface area contributed by atoms with E-state index < -0.39 is 5.97 Å². The van der Waals surface area contributed by atoms with E-state index in [9.17, 15) is 9.90 Å². The second kappa shape index (κ2) is 8.00. The average Bonchev–Trinajstić information content (AvgIpc) is 2.87. The first-order valence-corrected chi connectivity index (χ1v) is 10.1.